The van der Waals surface area contributed by atoms with Gasteiger partial charge in [-0.15, -0.1) is 0 Å². The van der Waals surface area contributed by atoms with Crippen LogP contribution in [0.4, 0.5) is 0 Å². The molecule has 1 saturated heterocycles. The summed E-state index contributed by atoms with van der Waals surface area (Å²) in [5.74, 6) is -0.914. The summed E-state index contributed by atoms with van der Waals surface area (Å²) in [6, 6.07) is 9.73. The monoisotopic (exact) mass is 210 g/mol. The summed E-state index contributed by atoms with van der Waals surface area (Å²) < 4.78 is 10.2. The molecule has 4 nitrogen and oxygen atoms in total. The zero-order valence-electron chi connectivity index (χ0n) is 8.13. The fraction of sp³-hybridized carbons (Fsp3) is 0.364. The lowest BCUT2D eigenvalue weighted by Crippen LogP contribution is -2.12. The van der Waals surface area contributed by atoms with E-state index >= 15 is 0 Å². The number of carboxylic acid groups (broad SMARTS) is 1. The number of carbonyl (C=O) groups is 1. The summed E-state index contributed by atoms with van der Waals surface area (Å²) in [6.07, 6.45) is -0.938. The van der Waals surface area contributed by atoms with Crippen molar-refractivity contribution < 1.29 is 19.4 Å². The van der Waals surface area contributed by atoms with Gasteiger partial charge in [0.25, 0.3) is 0 Å². The van der Waals surface area contributed by atoms with E-state index in [-0.39, 0.29) is 6.10 Å². The average molecular weight is 210 g/mol. The molecule has 80 valence electrons. The van der Waals surface area contributed by atoms with Crippen LogP contribution in [-0.2, 0) is 20.9 Å². The molecule has 0 aromatic heterocycles. The molecule has 1 aliphatic rings. The van der Waals surface area contributed by atoms with Gasteiger partial charge in [0, 0.05) is 0 Å². The molecule has 0 unspecified atom stereocenters. The number of rotatable bonds is 5. The van der Waals surface area contributed by atoms with Crippen LogP contribution in [0.25, 0.3) is 0 Å². The summed E-state index contributed by atoms with van der Waals surface area (Å²) in [5, 5.41) is 8.56. The van der Waals surface area contributed by atoms with Crippen LogP contribution in [0.15, 0.2) is 30.3 Å². The number of epoxide rings is 1. The van der Waals surface area contributed by atoms with Crippen LogP contribution in [-0.4, -0.2) is 29.9 Å². The van der Waals surface area contributed by atoms with Crippen molar-refractivity contribution in [3.63, 3.8) is 0 Å². The van der Waals surface area contributed by atoms with E-state index in [0.717, 1.165) is 5.56 Å². The Labute approximate surface area is 87.4 Å². The van der Waals surface area contributed by atoms with Crippen LogP contribution in [0.3, 0.4) is 0 Å². The minimum absolute atomic E-state index is 0.272. The molecular formula is C11H12O4. The standard InChI is InChI=1S/C11H12O4/c12-11(13)10-9(15-10)7-14-6-8-4-2-1-3-5-8/h1-5,9-10H,6-7H2,(H,12,13)/t9-,10-/m1/s1/i9+1,10+1. The molecule has 1 heterocycles. The molecule has 2 atom stereocenters. The SMILES string of the molecule is O=C(O)[13C@@H]1O[13C@@H]1COCc1ccccc1. The van der Waals surface area contributed by atoms with Crippen LogP contribution >= 0.6 is 0 Å². The lowest BCUT2D eigenvalue weighted by molar-refractivity contribution is -0.138. The number of hydrogen-bond donors (Lipinski definition) is 1. The predicted molar refractivity (Wildman–Crippen MR) is 52.4 cm³/mol. The Morgan fingerprint density at radius 1 is 1.40 bits per heavy atom. The van der Waals surface area contributed by atoms with Gasteiger partial charge >= 0.3 is 5.97 Å². The molecule has 2 rings (SSSR count). The largest absolute Gasteiger partial charge is 0.479 e. The molecular weight excluding hydrogens is 198 g/mol. The minimum Gasteiger partial charge on any atom is -0.479 e. The van der Waals surface area contributed by atoms with E-state index in [2.05, 4.69) is 0 Å². The molecule has 0 spiro atoms. The molecule has 4 heteroatoms. The Bertz CT molecular complexity index is 336. The topological polar surface area (TPSA) is 59.1 Å². The number of benzene rings is 1. The Balaban J connectivity index is 1.67. The van der Waals surface area contributed by atoms with Gasteiger partial charge in [0.05, 0.1) is 13.2 Å². The summed E-state index contributed by atoms with van der Waals surface area (Å²) in [7, 11) is 0. The second-order valence-electron chi connectivity index (χ2n) is 3.43. The summed E-state index contributed by atoms with van der Waals surface area (Å²) in [6.45, 7) is 0.832. The van der Waals surface area contributed by atoms with Crippen molar-refractivity contribution in [3.8, 4) is 0 Å². The second-order valence-corrected chi connectivity index (χ2v) is 3.43. The summed E-state index contributed by atoms with van der Waals surface area (Å²) in [4.78, 5) is 10.4. The first kappa shape index (κ1) is 10.1. The number of hydrogen-bond acceptors (Lipinski definition) is 3. The highest BCUT2D eigenvalue weighted by molar-refractivity contribution is 5.75. The number of carboxylic acids is 1. The second kappa shape index (κ2) is 4.42. The Morgan fingerprint density at radius 3 is 2.73 bits per heavy atom. The first-order chi connectivity index (χ1) is 7.27. The Morgan fingerprint density at radius 2 is 2.13 bits per heavy atom. The lowest BCUT2D eigenvalue weighted by atomic mass is 10.2. The highest BCUT2D eigenvalue weighted by atomic mass is 16.8. The van der Waals surface area contributed by atoms with Crippen LogP contribution in [0.2, 0.25) is 0 Å². The van der Waals surface area contributed by atoms with Crippen molar-refractivity contribution in [1.82, 2.24) is 0 Å². The number of aliphatic carboxylic acids is 1. The maximum Gasteiger partial charge on any atom is 0.335 e. The van der Waals surface area contributed by atoms with E-state index in [1.165, 1.54) is 0 Å². The van der Waals surface area contributed by atoms with E-state index in [0.29, 0.717) is 13.2 Å². The van der Waals surface area contributed by atoms with Gasteiger partial charge in [-0.3, -0.25) is 0 Å². The van der Waals surface area contributed by atoms with Crippen molar-refractivity contribution >= 4 is 5.97 Å². The van der Waals surface area contributed by atoms with Gasteiger partial charge in [-0.25, -0.2) is 4.79 Å². The van der Waals surface area contributed by atoms with Gasteiger partial charge in [-0.1, -0.05) is 30.3 Å². The average Bonchev–Trinajstić information content (AvgIpc) is 2.99. The third-order valence-corrected chi connectivity index (χ3v) is 2.22. The van der Waals surface area contributed by atoms with Gasteiger partial charge < -0.3 is 14.6 Å². The molecule has 0 saturated carbocycles. The van der Waals surface area contributed by atoms with E-state index in [4.69, 9.17) is 14.6 Å². The van der Waals surface area contributed by atoms with Gasteiger partial charge in [0.15, 0.2) is 6.10 Å². The van der Waals surface area contributed by atoms with E-state index < -0.39 is 12.1 Å². The molecule has 1 aromatic carbocycles. The van der Waals surface area contributed by atoms with Crippen LogP contribution < -0.4 is 0 Å². The molecule has 0 bridgehead atoms. The van der Waals surface area contributed by atoms with Crippen LogP contribution in [0, 0.1) is 0 Å². The minimum atomic E-state index is -0.914. The lowest BCUT2D eigenvalue weighted by Gasteiger charge is -2.01. The van der Waals surface area contributed by atoms with Crippen molar-refractivity contribution in [1.29, 1.82) is 0 Å². The van der Waals surface area contributed by atoms with E-state index in [9.17, 15) is 4.79 Å². The summed E-state index contributed by atoms with van der Waals surface area (Å²) >= 11 is 0. The highest BCUT2D eigenvalue weighted by Crippen LogP contribution is 2.22. The zero-order chi connectivity index (χ0) is 10.7. The molecule has 1 aromatic rings. The molecule has 0 amide bonds. The summed E-state index contributed by atoms with van der Waals surface area (Å²) in [5.41, 5.74) is 1.07. The van der Waals surface area contributed by atoms with Gasteiger partial charge in [-0.05, 0) is 5.56 Å². The van der Waals surface area contributed by atoms with Gasteiger partial charge in [0.2, 0.25) is 0 Å². The molecule has 1 fully saturated rings. The fourth-order valence-electron chi connectivity index (χ4n) is 1.35. The molecule has 1 N–H and O–H groups in total. The maximum atomic E-state index is 10.4. The third-order valence-electron chi connectivity index (χ3n) is 2.22. The fourth-order valence-corrected chi connectivity index (χ4v) is 1.35. The van der Waals surface area contributed by atoms with E-state index in [1.807, 2.05) is 30.3 Å². The normalized spacial score (nSPS) is 23.7. The first-order valence-corrected chi connectivity index (χ1v) is 4.77. The molecule has 15 heavy (non-hydrogen) atoms. The quantitative estimate of drug-likeness (QED) is 0.583. The van der Waals surface area contributed by atoms with Gasteiger partial charge in [-0.2, -0.15) is 0 Å². The molecule has 0 aliphatic carbocycles. The zero-order valence-corrected chi connectivity index (χ0v) is 8.13. The number of ether oxygens (including phenoxy) is 2. The molecule has 1 aliphatic heterocycles. The molecule has 0 radical (unpaired) electrons. The third kappa shape index (κ3) is 2.78. The van der Waals surface area contributed by atoms with Crippen LogP contribution in [0.5, 0.6) is 0 Å². The highest BCUT2D eigenvalue weighted by Gasteiger charge is 2.45. The van der Waals surface area contributed by atoms with Crippen molar-refractivity contribution in [3.05, 3.63) is 35.9 Å². The van der Waals surface area contributed by atoms with Crippen LogP contribution in [0.1, 0.15) is 5.56 Å². The Kier molecular flexibility index (Phi) is 2.99. The van der Waals surface area contributed by atoms with Crippen molar-refractivity contribution in [2.75, 3.05) is 6.61 Å². The van der Waals surface area contributed by atoms with Crippen molar-refractivity contribution in [2.45, 2.75) is 18.8 Å². The maximum absolute atomic E-state index is 10.4. The predicted octanol–water partition coefficient (Wildman–Crippen LogP) is 1.06. The van der Waals surface area contributed by atoms with Crippen molar-refractivity contribution in [2.24, 2.45) is 0 Å². The van der Waals surface area contributed by atoms with E-state index in [1.54, 1.807) is 0 Å². The smallest absolute Gasteiger partial charge is 0.335 e. The Hall–Kier alpha value is -1.39. The first-order valence-electron chi connectivity index (χ1n) is 4.77. The van der Waals surface area contributed by atoms with Gasteiger partial charge in [0.1, 0.15) is 6.10 Å².